The van der Waals surface area contributed by atoms with E-state index >= 15 is 0 Å². The number of hydrogen-bond donors (Lipinski definition) is 3. The van der Waals surface area contributed by atoms with Gasteiger partial charge in [0, 0.05) is 37.9 Å². The molecular formula is C27H34ClN7O4S. The molecule has 0 unspecified atom stereocenters. The molecule has 2 aromatic carbocycles. The van der Waals surface area contributed by atoms with Gasteiger partial charge in [-0.2, -0.15) is 4.98 Å². The van der Waals surface area contributed by atoms with Gasteiger partial charge in [0.15, 0.2) is 15.7 Å². The van der Waals surface area contributed by atoms with Crippen molar-refractivity contribution in [2.75, 3.05) is 55.8 Å². The molecule has 0 radical (unpaired) electrons. The number of anilines is 5. The van der Waals surface area contributed by atoms with Gasteiger partial charge in [0.2, 0.25) is 5.95 Å². The summed E-state index contributed by atoms with van der Waals surface area (Å²) in [6.07, 6.45) is 1.41. The van der Waals surface area contributed by atoms with Crippen LogP contribution in [0.1, 0.15) is 20.8 Å². The van der Waals surface area contributed by atoms with Crippen molar-refractivity contribution in [3.05, 3.63) is 53.7 Å². The minimum absolute atomic E-state index is 0.153. The molecule has 2 amide bonds. The Hall–Kier alpha value is -3.61. The minimum Gasteiger partial charge on any atom is -0.494 e. The average molecular weight is 588 g/mol. The lowest BCUT2D eigenvalue weighted by molar-refractivity contribution is 0.151. The number of ether oxygens (including phenoxy) is 1. The zero-order valence-corrected chi connectivity index (χ0v) is 24.5. The largest absolute Gasteiger partial charge is 0.494 e. The van der Waals surface area contributed by atoms with E-state index in [-0.39, 0.29) is 27.7 Å². The third-order valence-electron chi connectivity index (χ3n) is 6.62. The molecule has 40 heavy (non-hydrogen) atoms. The number of nitrogens with zero attached hydrogens (tertiary/aromatic N) is 4. The minimum atomic E-state index is -3.55. The zero-order valence-electron chi connectivity index (χ0n) is 22.9. The van der Waals surface area contributed by atoms with E-state index in [0.29, 0.717) is 35.9 Å². The van der Waals surface area contributed by atoms with Crippen LogP contribution in [-0.2, 0) is 9.84 Å². The maximum atomic E-state index is 12.9. The highest BCUT2D eigenvalue weighted by atomic mass is 35.5. The van der Waals surface area contributed by atoms with Crippen LogP contribution < -0.4 is 20.7 Å². The molecule has 4 rings (SSSR count). The summed E-state index contributed by atoms with van der Waals surface area (Å²) < 4.78 is 31.2. The molecule has 0 atom stereocenters. The van der Waals surface area contributed by atoms with Crippen LogP contribution in [0.2, 0.25) is 5.02 Å². The van der Waals surface area contributed by atoms with Gasteiger partial charge < -0.3 is 30.5 Å². The number of methoxy groups -OCH3 is 1. The first kappa shape index (κ1) is 29.4. The van der Waals surface area contributed by atoms with Gasteiger partial charge in [-0.25, -0.2) is 18.2 Å². The van der Waals surface area contributed by atoms with Crippen molar-refractivity contribution >= 4 is 56.3 Å². The van der Waals surface area contributed by atoms with Crippen LogP contribution in [0.15, 0.2) is 53.6 Å². The SMILES string of the molecule is CCN1CCN(C(=O)Nc2ccc(Nc3ncc(Cl)c(Nc4ccccc4S(=O)(=O)C(C)C)n3)c(OC)c2)CC1. The van der Waals surface area contributed by atoms with Crippen molar-refractivity contribution in [2.45, 2.75) is 30.9 Å². The van der Waals surface area contributed by atoms with Crippen LogP contribution in [0.25, 0.3) is 0 Å². The van der Waals surface area contributed by atoms with Gasteiger partial charge in [0.25, 0.3) is 0 Å². The Morgan fingerprint density at radius 3 is 2.48 bits per heavy atom. The summed E-state index contributed by atoms with van der Waals surface area (Å²) in [6, 6.07) is 11.7. The predicted molar refractivity (Wildman–Crippen MR) is 158 cm³/mol. The van der Waals surface area contributed by atoms with E-state index in [2.05, 4.69) is 37.7 Å². The second-order valence-electron chi connectivity index (χ2n) is 9.50. The number of urea groups is 1. The number of carbonyl (C=O) groups is 1. The lowest BCUT2D eigenvalue weighted by Crippen LogP contribution is -2.49. The number of aromatic nitrogens is 2. The Kier molecular flexibility index (Phi) is 9.33. The number of hydrogen-bond acceptors (Lipinski definition) is 9. The van der Waals surface area contributed by atoms with Gasteiger partial charge >= 0.3 is 6.03 Å². The van der Waals surface area contributed by atoms with Crippen LogP contribution >= 0.6 is 11.6 Å². The van der Waals surface area contributed by atoms with E-state index < -0.39 is 15.1 Å². The first-order valence-corrected chi connectivity index (χ1v) is 14.9. The van der Waals surface area contributed by atoms with E-state index in [1.54, 1.807) is 61.2 Å². The van der Waals surface area contributed by atoms with E-state index in [1.165, 1.54) is 13.3 Å². The molecule has 0 saturated carbocycles. The second kappa shape index (κ2) is 12.7. The Morgan fingerprint density at radius 1 is 1.07 bits per heavy atom. The molecule has 3 N–H and O–H groups in total. The summed E-state index contributed by atoms with van der Waals surface area (Å²) in [5.74, 6) is 0.909. The molecule has 1 aromatic heterocycles. The topological polar surface area (TPSA) is 129 Å². The molecule has 0 bridgehead atoms. The summed E-state index contributed by atoms with van der Waals surface area (Å²) in [5.41, 5.74) is 1.51. The number of amides is 2. The van der Waals surface area contributed by atoms with Gasteiger partial charge in [0.1, 0.15) is 10.8 Å². The molecule has 0 aliphatic carbocycles. The summed E-state index contributed by atoms with van der Waals surface area (Å²) in [4.78, 5) is 25.7. The van der Waals surface area contributed by atoms with Gasteiger partial charge in [-0.1, -0.05) is 30.7 Å². The van der Waals surface area contributed by atoms with Crippen LogP contribution in [0.4, 0.5) is 33.6 Å². The number of piperazine rings is 1. The first-order chi connectivity index (χ1) is 19.1. The molecule has 11 nitrogen and oxygen atoms in total. The van der Waals surface area contributed by atoms with Gasteiger partial charge in [-0.05, 0) is 44.7 Å². The average Bonchev–Trinajstić information content (AvgIpc) is 2.95. The monoisotopic (exact) mass is 587 g/mol. The molecule has 1 aliphatic rings. The number of halogens is 1. The summed E-state index contributed by atoms with van der Waals surface area (Å²) in [5, 5.41) is 8.69. The standard InChI is InChI=1S/C27H34ClN7O4S/c1-5-34-12-14-35(15-13-34)27(36)30-19-10-11-21(23(16-19)39-4)32-26-29-17-20(28)25(33-26)31-22-8-6-7-9-24(22)40(37,38)18(2)3/h6-11,16-18H,5,12-15H2,1-4H3,(H,30,36)(H2,29,31,32,33). The molecule has 1 saturated heterocycles. The fourth-order valence-electron chi connectivity index (χ4n) is 4.18. The highest BCUT2D eigenvalue weighted by molar-refractivity contribution is 7.92. The van der Waals surface area contributed by atoms with Crippen LogP contribution in [0.3, 0.4) is 0 Å². The van der Waals surface area contributed by atoms with Crippen LogP contribution in [-0.4, -0.2) is 79.3 Å². The fraction of sp³-hybridized carbons (Fsp3) is 0.370. The summed E-state index contributed by atoms with van der Waals surface area (Å²) in [7, 11) is -2.02. The number of rotatable bonds is 9. The molecular weight excluding hydrogens is 554 g/mol. The van der Waals surface area contributed by atoms with Crippen molar-refractivity contribution in [2.24, 2.45) is 0 Å². The Labute approximate surface area is 239 Å². The third-order valence-corrected chi connectivity index (χ3v) is 9.10. The number of benzene rings is 2. The predicted octanol–water partition coefficient (Wildman–Crippen LogP) is 4.98. The van der Waals surface area contributed by atoms with Crippen molar-refractivity contribution in [3.63, 3.8) is 0 Å². The zero-order chi connectivity index (χ0) is 28.9. The first-order valence-electron chi connectivity index (χ1n) is 13.0. The smallest absolute Gasteiger partial charge is 0.321 e. The molecule has 2 heterocycles. The maximum absolute atomic E-state index is 12.9. The van der Waals surface area contributed by atoms with Gasteiger partial charge in [0.05, 0.1) is 34.8 Å². The van der Waals surface area contributed by atoms with Crippen molar-refractivity contribution in [1.29, 1.82) is 0 Å². The number of carbonyl (C=O) groups excluding carboxylic acids is 1. The van der Waals surface area contributed by atoms with Crippen molar-refractivity contribution < 1.29 is 17.9 Å². The second-order valence-corrected chi connectivity index (χ2v) is 12.4. The fourth-order valence-corrected chi connectivity index (χ4v) is 5.52. The highest BCUT2D eigenvalue weighted by Crippen LogP contribution is 2.33. The number of nitrogens with one attached hydrogen (secondary N) is 3. The number of likely N-dealkylation sites (N-methyl/N-ethyl adjacent to an activating group) is 1. The number of para-hydroxylation sites is 1. The summed E-state index contributed by atoms with van der Waals surface area (Å²) in [6.45, 7) is 9.41. The summed E-state index contributed by atoms with van der Waals surface area (Å²) >= 11 is 6.35. The molecule has 13 heteroatoms. The van der Waals surface area contributed by atoms with Crippen LogP contribution in [0.5, 0.6) is 5.75 Å². The van der Waals surface area contributed by atoms with E-state index in [9.17, 15) is 13.2 Å². The molecule has 0 spiro atoms. The Balaban J connectivity index is 1.50. The molecule has 3 aromatic rings. The lowest BCUT2D eigenvalue weighted by Gasteiger charge is -2.34. The van der Waals surface area contributed by atoms with Crippen LogP contribution in [0, 0.1) is 0 Å². The quantitative estimate of drug-likeness (QED) is 0.317. The normalized spacial score (nSPS) is 14.2. The van der Waals surface area contributed by atoms with Crippen molar-refractivity contribution in [1.82, 2.24) is 19.8 Å². The maximum Gasteiger partial charge on any atom is 0.321 e. The third kappa shape index (κ3) is 6.75. The van der Waals surface area contributed by atoms with E-state index in [1.807, 2.05) is 0 Å². The van der Waals surface area contributed by atoms with E-state index in [0.717, 1.165) is 19.6 Å². The molecule has 1 aliphatic heterocycles. The van der Waals surface area contributed by atoms with Gasteiger partial charge in [-0.15, -0.1) is 0 Å². The Morgan fingerprint density at radius 2 is 1.80 bits per heavy atom. The Bertz CT molecular complexity index is 1460. The van der Waals surface area contributed by atoms with Crippen molar-refractivity contribution in [3.8, 4) is 5.75 Å². The number of sulfone groups is 1. The highest BCUT2D eigenvalue weighted by Gasteiger charge is 2.23. The van der Waals surface area contributed by atoms with Gasteiger partial charge in [-0.3, -0.25) is 0 Å². The van der Waals surface area contributed by atoms with E-state index in [4.69, 9.17) is 16.3 Å². The molecule has 214 valence electrons. The molecule has 1 fully saturated rings. The lowest BCUT2D eigenvalue weighted by atomic mass is 10.2.